The van der Waals surface area contributed by atoms with Gasteiger partial charge in [-0.1, -0.05) is 24.3 Å². The average molecular weight is 628 g/mol. The second kappa shape index (κ2) is 11.2. The lowest BCUT2D eigenvalue weighted by Gasteiger charge is -2.15. The minimum atomic E-state index is -4.55. The standard InChI is InChI=1S/C32H28F3N9O2/c1-46-30-25(26(18-6-7-18)39-16-40-30)27-38-13-20-10-23(21(11-36)12-37)31(45)44(29(20)42-27)14-17-2-4-19(5-3-17)28-41-24(32(33,34)35)15-43(28)22-8-9-22/h2-5,10-13,15-16,18,22,36H,6-9,14,37H2,1H3/b21-12+,36-11?. The SMILES string of the molecule is COc1ncnc(C2CC2)c1-c1ncc2cc(/C(C=N)=C/N)c(=O)n(Cc3ccc(-c4nc(C(F)(F)F)cn4C4CC4)cc3)c2n1. The summed E-state index contributed by atoms with van der Waals surface area (Å²) in [4.78, 5) is 36.0. The molecule has 5 aromatic rings. The zero-order valence-corrected chi connectivity index (χ0v) is 24.6. The number of alkyl halides is 3. The van der Waals surface area contributed by atoms with Crippen LogP contribution in [0.25, 0.3) is 39.4 Å². The number of nitrogens with two attached hydrogens (primary N) is 1. The molecule has 0 aliphatic heterocycles. The molecule has 4 aromatic heterocycles. The first-order valence-corrected chi connectivity index (χ1v) is 14.7. The van der Waals surface area contributed by atoms with E-state index in [1.165, 1.54) is 24.2 Å². The Labute approximate surface area is 260 Å². The van der Waals surface area contributed by atoms with E-state index in [4.69, 9.17) is 20.9 Å². The van der Waals surface area contributed by atoms with Gasteiger partial charge < -0.3 is 20.4 Å². The number of nitrogens with one attached hydrogen (secondary N) is 1. The molecule has 2 aliphatic carbocycles. The largest absolute Gasteiger partial charge is 0.480 e. The van der Waals surface area contributed by atoms with Crippen LogP contribution in [0, 0.1) is 5.41 Å². The van der Waals surface area contributed by atoms with E-state index in [0.29, 0.717) is 39.4 Å². The van der Waals surface area contributed by atoms with E-state index in [0.717, 1.165) is 43.8 Å². The van der Waals surface area contributed by atoms with E-state index >= 15 is 0 Å². The van der Waals surface area contributed by atoms with Crippen LogP contribution in [0.3, 0.4) is 0 Å². The van der Waals surface area contributed by atoms with Crippen molar-refractivity contribution in [1.82, 2.24) is 34.1 Å². The molecule has 0 atom stereocenters. The molecule has 2 fully saturated rings. The van der Waals surface area contributed by atoms with Crippen molar-refractivity contribution in [3.8, 4) is 28.7 Å². The number of hydrogen-bond donors (Lipinski definition) is 2. The molecule has 2 saturated carbocycles. The van der Waals surface area contributed by atoms with Gasteiger partial charge in [0.05, 0.1) is 24.9 Å². The maximum Gasteiger partial charge on any atom is 0.434 e. The van der Waals surface area contributed by atoms with E-state index in [1.807, 2.05) is 0 Å². The number of imidazole rings is 1. The van der Waals surface area contributed by atoms with Crippen molar-refractivity contribution in [1.29, 1.82) is 5.41 Å². The Kier molecular flexibility index (Phi) is 7.13. The third-order valence-electron chi connectivity index (χ3n) is 8.21. The van der Waals surface area contributed by atoms with Crippen molar-refractivity contribution in [3.63, 3.8) is 0 Å². The lowest BCUT2D eigenvalue weighted by Crippen LogP contribution is -2.25. The van der Waals surface area contributed by atoms with Crippen LogP contribution in [-0.2, 0) is 12.7 Å². The summed E-state index contributed by atoms with van der Waals surface area (Å²) in [5, 5.41) is 8.33. The second-order valence-corrected chi connectivity index (χ2v) is 11.4. The minimum Gasteiger partial charge on any atom is -0.480 e. The molecule has 11 nitrogen and oxygen atoms in total. The molecule has 3 N–H and O–H groups in total. The number of fused-ring (bicyclic) bond motifs is 1. The third kappa shape index (κ3) is 5.29. The lowest BCUT2D eigenvalue weighted by molar-refractivity contribution is -0.140. The molecule has 0 radical (unpaired) electrons. The number of rotatable bonds is 9. The summed E-state index contributed by atoms with van der Waals surface area (Å²) in [5.41, 5.74) is 7.71. The fourth-order valence-corrected chi connectivity index (χ4v) is 5.58. The molecular weight excluding hydrogens is 599 g/mol. The van der Waals surface area contributed by atoms with Crippen LogP contribution in [0.2, 0.25) is 0 Å². The van der Waals surface area contributed by atoms with Gasteiger partial charge in [-0.3, -0.25) is 9.36 Å². The molecule has 1 aromatic carbocycles. The quantitative estimate of drug-likeness (QED) is 0.208. The van der Waals surface area contributed by atoms with Crippen molar-refractivity contribution < 1.29 is 17.9 Å². The molecule has 0 bridgehead atoms. The van der Waals surface area contributed by atoms with Gasteiger partial charge in [0.15, 0.2) is 11.5 Å². The average Bonchev–Trinajstić information content (AvgIpc) is 4.01. The zero-order chi connectivity index (χ0) is 32.2. The van der Waals surface area contributed by atoms with Gasteiger partial charge in [0.1, 0.15) is 23.4 Å². The molecular formula is C32H28F3N9O2. The smallest absolute Gasteiger partial charge is 0.434 e. The molecule has 46 heavy (non-hydrogen) atoms. The van der Waals surface area contributed by atoms with E-state index in [2.05, 4.69) is 19.9 Å². The molecule has 0 saturated heterocycles. The zero-order valence-electron chi connectivity index (χ0n) is 24.6. The van der Waals surface area contributed by atoms with Crippen molar-refractivity contribution in [2.45, 2.75) is 50.4 Å². The second-order valence-electron chi connectivity index (χ2n) is 11.4. The number of methoxy groups -OCH3 is 1. The Morgan fingerprint density at radius 2 is 1.87 bits per heavy atom. The number of hydrogen-bond acceptors (Lipinski definition) is 9. The fourth-order valence-electron chi connectivity index (χ4n) is 5.58. The van der Waals surface area contributed by atoms with Gasteiger partial charge in [-0.15, -0.1) is 0 Å². The van der Waals surface area contributed by atoms with E-state index in [9.17, 15) is 18.0 Å². The molecule has 0 amide bonds. The topological polar surface area (TPSA) is 150 Å². The first-order valence-electron chi connectivity index (χ1n) is 14.7. The van der Waals surface area contributed by atoms with Crippen molar-refractivity contribution in [3.05, 3.63) is 88.1 Å². The van der Waals surface area contributed by atoms with Gasteiger partial charge in [0.25, 0.3) is 5.56 Å². The molecule has 2 aliphatic rings. The Morgan fingerprint density at radius 1 is 1.11 bits per heavy atom. The van der Waals surface area contributed by atoms with E-state index < -0.39 is 17.4 Å². The fraction of sp³-hybridized carbons (Fsp3) is 0.281. The Hall–Kier alpha value is -5.40. The Morgan fingerprint density at radius 3 is 2.50 bits per heavy atom. The number of ether oxygens (including phenoxy) is 1. The maximum atomic E-state index is 13.9. The number of nitrogens with zero attached hydrogens (tertiary/aromatic N) is 7. The number of allylic oxidation sites excluding steroid dienone is 1. The number of aromatic nitrogens is 7. The van der Waals surface area contributed by atoms with Gasteiger partial charge in [-0.25, -0.2) is 24.9 Å². The van der Waals surface area contributed by atoms with Gasteiger partial charge in [-0.05, 0) is 37.3 Å². The predicted octanol–water partition coefficient (Wildman–Crippen LogP) is 5.35. The first-order chi connectivity index (χ1) is 22.2. The first kappa shape index (κ1) is 29.3. The van der Waals surface area contributed by atoms with Crippen LogP contribution in [-0.4, -0.2) is 47.4 Å². The van der Waals surface area contributed by atoms with E-state index in [-0.39, 0.29) is 35.5 Å². The van der Waals surface area contributed by atoms with Crippen LogP contribution < -0.4 is 16.0 Å². The highest BCUT2D eigenvalue weighted by Gasteiger charge is 2.37. The minimum absolute atomic E-state index is 0.00691. The molecule has 14 heteroatoms. The highest BCUT2D eigenvalue weighted by atomic mass is 19.4. The highest BCUT2D eigenvalue weighted by molar-refractivity contribution is 6.08. The molecule has 0 unspecified atom stereocenters. The predicted molar refractivity (Wildman–Crippen MR) is 164 cm³/mol. The van der Waals surface area contributed by atoms with Crippen LogP contribution in [0.4, 0.5) is 13.2 Å². The van der Waals surface area contributed by atoms with Crippen LogP contribution in [0.15, 0.2) is 60.0 Å². The van der Waals surface area contributed by atoms with Crippen LogP contribution in [0.5, 0.6) is 5.88 Å². The van der Waals surface area contributed by atoms with Crippen LogP contribution in [0.1, 0.15) is 60.2 Å². The van der Waals surface area contributed by atoms with Crippen molar-refractivity contribution >= 4 is 22.8 Å². The summed E-state index contributed by atoms with van der Waals surface area (Å²) in [6, 6.07) is 8.48. The molecule has 4 heterocycles. The van der Waals surface area contributed by atoms with Crippen molar-refractivity contribution in [2.24, 2.45) is 5.73 Å². The number of halogens is 3. The van der Waals surface area contributed by atoms with Gasteiger partial charge in [0.2, 0.25) is 5.88 Å². The third-order valence-corrected chi connectivity index (χ3v) is 8.21. The van der Waals surface area contributed by atoms with Crippen molar-refractivity contribution in [2.75, 3.05) is 7.11 Å². The number of benzene rings is 1. The summed E-state index contributed by atoms with van der Waals surface area (Å²) in [7, 11) is 1.51. The normalized spacial score (nSPS) is 15.3. The lowest BCUT2D eigenvalue weighted by atomic mass is 10.1. The Bertz CT molecular complexity index is 2080. The van der Waals surface area contributed by atoms with Gasteiger partial charge in [0, 0.05) is 53.3 Å². The molecule has 234 valence electrons. The number of pyridine rings is 1. The highest BCUT2D eigenvalue weighted by Crippen LogP contribution is 2.45. The maximum absolute atomic E-state index is 13.9. The van der Waals surface area contributed by atoms with Gasteiger partial charge in [-0.2, -0.15) is 13.2 Å². The summed E-state index contributed by atoms with van der Waals surface area (Å²) in [6.45, 7) is 0.0680. The molecule has 0 spiro atoms. The summed E-state index contributed by atoms with van der Waals surface area (Å²) < 4.78 is 49.0. The van der Waals surface area contributed by atoms with Gasteiger partial charge >= 0.3 is 6.18 Å². The van der Waals surface area contributed by atoms with E-state index in [1.54, 1.807) is 41.1 Å². The summed E-state index contributed by atoms with van der Waals surface area (Å²) in [6.07, 6.45) is 5.30. The molecule has 7 rings (SSSR count). The summed E-state index contributed by atoms with van der Waals surface area (Å²) in [5.74, 6) is 1.12. The Balaban J connectivity index is 1.33. The monoisotopic (exact) mass is 627 g/mol. The van der Waals surface area contributed by atoms with Crippen LogP contribution >= 0.6 is 0 Å². The summed E-state index contributed by atoms with van der Waals surface area (Å²) >= 11 is 0.